The molecular formula is C23H19Cl3N2O5S. The van der Waals surface area contributed by atoms with Gasteiger partial charge in [-0.1, -0.05) is 53.0 Å². The summed E-state index contributed by atoms with van der Waals surface area (Å²) >= 11 is 18.2. The average Bonchev–Trinajstić information content (AvgIpc) is 2.78. The zero-order valence-electron chi connectivity index (χ0n) is 17.8. The van der Waals surface area contributed by atoms with Crippen molar-refractivity contribution < 1.29 is 22.7 Å². The third-order valence-electron chi connectivity index (χ3n) is 4.50. The summed E-state index contributed by atoms with van der Waals surface area (Å²) in [5.41, 5.74) is 0.412. The first-order valence-electron chi connectivity index (χ1n) is 9.92. The number of esters is 1. The molecule has 0 fully saturated rings. The maximum atomic E-state index is 13.4. The Labute approximate surface area is 212 Å². The van der Waals surface area contributed by atoms with Crippen LogP contribution in [0.4, 0.5) is 11.4 Å². The number of hydrogen-bond acceptors (Lipinski definition) is 5. The summed E-state index contributed by atoms with van der Waals surface area (Å²) in [6, 6.07) is 16.1. The number of halogens is 3. The molecule has 11 heteroatoms. The van der Waals surface area contributed by atoms with Crippen LogP contribution in [0.25, 0.3) is 0 Å². The van der Waals surface area contributed by atoms with Gasteiger partial charge in [0.1, 0.15) is 6.54 Å². The molecule has 1 amide bonds. The standard InChI is InChI=1S/C23H19Cl3N2O5S/c1-2-33-23(30)20-13-17(8-9-21(20)26)27-22(29)14-28(18-11-15(24)10-16(25)12-18)34(31,32)19-6-4-3-5-7-19/h3-13H,2,14H2,1H3,(H,27,29). The highest BCUT2D eigenvalue weighted by Gasteiger charge is 2.28. The molecule has 7 nitrogen and oxygen atoms in total. The van der Waals surface area contributed by atoms with Crippen LogP contribution in [0.3, 0.4) is 0 Å². The highest BCUT2D eigenvalue weighted by atomic mass is 35.5. The third-order valence-corrected chi connectivity index (χ3v) is 7.05. The minimum absolute atomic E-state index is 0.0185. The molecular weight excluding hydrogens is 523 g/mol. The Morgan fingerprint density at radius 2 is 1.59 bits per heavy atom. The molecule has 0 spiro atoms. The van der Waals surface area contributed by atoms with Gasteiger partial charge >= 0.3 is 5.97 Å². The minimum Gasteiger partial charge on any atom is -0.462 e. The molecule has 0 saturated carbocycles. The Kier molecular flexibility index (Phi) is 8.43. The number of amides is 1. The van der Waals surface area contributed by atoms with Crippen molar-refractivity contribution in [3.05, 3.63) is 87.4 Å². The quantitative estimate of drug-likeness (QED) is 0.372. The van der Waals surface area contributed by atoms with E-state index in [0.29, 0.717) is 0 Å². The van der Waals surface area contributed by atoms with Crippen molar-refractivity contribution in [2.24, 2.45) is 0 Å². The van der Waals surface area contributed by atoms with Gasteiger partial charge in [0.05, 0.1) is 27.8 Å². The van der Waals surface area contributed by atoms with E-state index < -0.39 is 28.4 Å². The third kappa shape index (κ3) is 6.21. The Morgan fingerprint density at radius 3 is 2.21 bits per heavy atom. The zero-order chi connectivity index (χ0) is 24.9. The lowest BCUT2D eigenvalue weighted by Gasteiger charge is -2.24. The largest absolute Gasteiger partial charge is 0.462 e. The molecule has 3 aromatic rings. The van der Waals surface area contributed by atoms with E-state index in [4.69, 9.17) is 39.5 Å². The highest BCUT2D eigenvalue weighted by molar-refractivity contribution is 7.92. The van der Waals surface area contributed by atoms with E-state index in [1.807, 2.05) is 0 Å². The number of carbonyl (C=O) groups excluding carboxylic acids is 2. The van der Waals surface area contributed by atoms with Crippen LogP contribution in [-0.4, -0.2) is 33.4 Å². The van der Waals surface area contributed by atoms with Crippen LogP contribution in [0.2, 0.25) is 15.1 Å². The maximum absolute atomic E-state index is 13.4. The molecule has 0 atom stereocenters. The van der Waals surface area contributed by atoms with Gasteiger partial charge < -0.3 is 10.1 Å². The van der Waals surface area contributed by atoms with E-state index in [1.165, 1.54) is 48.5 Å². The molecule has 0 aliphatic rings. The fourth-order valence-corrected chi connectivity index (χ4v) is 5.15. The minimum atomic E-state index is -4.15. The van der Waals surface area contributed by atoms with Crippen LogP contribution >= 0.6 is 34.8 Å². The van der Waals surface area contributed by atoms with Gasteiger partial charge in [-0.2, -0.15) is 0 Å². The predicted molar refractivity (Wildman–Crippen MR) is 133 cm³/mol. The summed E-state index contributed by atoms with van der Waals surface area (Å²) < 4.78 is 32.6. The van der Waals surface area contributed by atoms with Crippen molar-refractivity contribution in [1.29, 1.82) is 0 Å². The van der Waals surface area contributed by atoms with Crippen molar-refractivity contribution in [2.45, 2.75) is 11.8 Å². The Bertz CT molecular complexity index is 1300. The monoisotopic (exact) mass is 540 g/mol. The SMILES string of the molecule is CCOC(=O)c1cc(NC(=O)CN(c2cc(Cl)cc(Cl)c2)S(=O)(=O)c2ccccc2)ccc1Cl. The first-order chi connectivity index (χ1) is 16.1. The first-order valence-corrected chi connectivity index (χ1v) is 12.5. The summed E-state index contributed by atoms with van der Waals surface area (Å²) in [4.78, 5) is 25.0. The lowest BCUT2D eigenvalue weighted by atomic mass is 10.2. The molecule has 34 heavy (non-hydrogen) atoms. The normalized spacial score (nSPS) is 11.1. The molecule has 3 rings (SSSR count). The number of hydrogen-bond donors (Lipinski definition) is 1. The number of benzene rings is 3. The van der Waals surface area contributed by atoms with Gasteiger partial charge in [-0.05, 0) is 55.5 Å². The second-order valence-electron chi connectivity index (χ2n) is 6.92. The number of nitrogens with one attached hydrogen (secondary N) is 1. The number of sulfonamides is 1. The number of anilines is 2. The molecule has 0 radical (unpaired) electrons. The van der Waals surface area contributed by atoms with Crippen molar-refractivity contribution in [3.63, 3.8) is 0 Å². The summed E-state index contributed by atoms with van der Waals surface area (Å²) in [5.74, 6) is -1.32. The van der Waals surface area contributed by atoms with Crippen molar-refractivity contribution in [1.82, 2.24) is 0 Å². The average molecular weight is 542 g/mol. The van der Waals surface area contributed by atoms with E-state index >= 15 is 0 Å². The molecule has 0 bridgehead atoms. The van der Waals surface area contributed by atoms with Gasteiger partial charge in [-0.3, -0.25) is 9.10 Å². The molecule has 0 heterocycles. The van der Waals surface area contributed by atoms with Gasteiger partial charge in [-0.15, -0.1) is 0 Å². The van der Waals surface area contributed by atoms with E-state index in [2.05, 4.69) is 5.32 Å². The number of nitrogens with zero attached hydrogens (tertiary/aromatic N) is 1. The molecule has 0 aromatic heterocycles. The van der Waals surface area contributed by atoms with Gasteiger partial charge in [-0.25, -0.2) is 13.2 Å². The van der Waals surface area contributed by atoms with Crippen LogP contribution < -0.4 is 9.62 Å². The Hall–Kier alpha value is -2.78. The van der Waals surface area contributed by atoms with E-state index in [1.54, 1.807) is 25.1 Å². The van der Waals surface area contributed by atoms with Gasteiger partial charge in [0.15, 0.2) is 0 Å². The Morgan fingerprint density at radius 1 is 0.941 bits per heavy atom. The Balaban J connectivity index is 1.94. The van der Waals surface area contributed by atoms with Crippen LogP contribution in [-0.2, 0) is 19.6 Å². The summed E-state index contributed by atoms with van der Waals surface area (Å²) in [7, 11) is -4.15. The highest BCUT2D eigenvalue weighted by Crippen LogP contribution is 2.30. The van der Waals surface area contributed by atoms with Crippen molar-refractivity contribution in [2.75, 3.05) is 22.8 Å². The zero-order valence-corrected chi connectivity index (χ0v) is 20.9. The maximum Gasteiger partial charge on any atom is 0.339 e. The topological polar surface area (TPSA) is 92.8 Å². The van der Waals surface area contributed by atoms with Crippen molar-refractivity contribution in [3.8, 4) is 0 Å². The second kappa shape index (κ2) is 11.1. The van der Waals surface area contributed by atoms with Crippen LogP contribution in [0.15, 0.2) is 71.6 Å². The van der Waals surface area contributed by atoms with Crippen molar-refractivity contribution >= 4 is 68.1 Å². The molecule has 0 saturated heterocycles. The lowest BCUT2D eigenvalue weighted by Crippen LogP contribution is -2.38. The van der Waals surface area contributed by atoms with E-state index in [0.717, 1.165) is 4.31 Å². The van der Waals surface area contributed by atoms with E-state index in [9.17, 15) is 18.0 Å². The molecule has 1 N–H and O–H groups in total. The van der Waals surface area contributed by atoms with Crippen LogP contribution in [0.5, 0.6) is 0 Å². The molecule has 3 aromatic carbocycles. The number of carbonyl (C=O) groups is 2. The second-order valence-corrected chi connectivity index (χ2v) is 10.1. The summed E-state index contributed by atoms with van der Waals surface area (Å²) in [5, 5.41) is 3.14. The van der Waals surface area contributed by atoms with Crippen LogP contribution in [0, 0.1) is 0 Å². The van der Waals surface area contributed by atoms with Gasteiger partial charge in [0, 0.05) is 15.7 Å². The molecule has 0 unspecified atom stereocenters. The molecule has 0 aliphatic heterocycles. The molecule has 0 aliphatic carbocycles. The summed E-state index contributed by atoms with van der Waals surface area (Å²) in [6.45, 7) is 1.22. The van der Waals surface area contributed by atoms with Crippen LogP contribution in [0.1, 0.15) is 17.3 Å². The smallest absolute Gasteiger partial charge is 0.339 e. The fourth-order valence-electron chi connectivity index (χ4n) is 3.02. The molecule has 178 valence electrons. The van der Waals surface area contributed by atoms with E-state index in [-0.39, 0.29) is 43.5 Å². The number of ether oxygens (including phenoxy) is 1. The predicted octanol–water partition coefficient (Wildman–Crippen LogP) is 5.66. The van der Waals surface area contributed by atoms with Gasteiger partial charge in [0.2, 0.25) is 5.91 Å². The van der Waals surface area contributed by atoms with Gasteiger partial charge in [0.25, 0.3) is 10.0 Å². The number of rotatable bonds is 8. The summed E-state index contributed by atoms with van der Waals surface area (Å²) in [6.07, 6.45) is 0. The first kappa shape index (κ1) is 25.8. The lowest BCUT2D eigenvalue weighted by molar-refractivity contribution is -0.114. The fraction of sp³-hybridized carbons (Fsp3) is 0.130.